The molecule has 19 heteroatoms. The first-order chi connectivity index (χ1) is 33.6. The Morgan fingerprint density at radius 3 is 2.39 bits per heavy atom. The standard InChI is InChI=1S/C51H56Cl2F2N8O7/c1-33-47(65)57-42(31-69-50(54)55)48(66)58-51(26-34-8-13-39(52)14-9-34)18-6-21-61(32-51)49(67)38(23-35-7-5-22-62(68)28-35)24-46(64)63(33)29-37-10-15-40(53)25-44(37)70-41-16-11-36(12-17-41)43-27-56-45(59(43)2)30-60-19-3-4-20-60/h5,7-17,22,25,27-28,33,38,42,50H,3-4,6,18-21,23-24,26,29-32H2,1-2H3,(H,57,65)(H,58,66)/t33-,38+,42-,51+/m0/s1. The predicted octanol–water partition coefficient (Wildman–Crippen LogP) is 6.84. The van der Waals surface area contributed by atoms with E-state index in [1.807, 2.05) is 25.4 Å². The molecular formula is C51H56Cl2F2N8O7. The van der Waals surface area contributed by atoms with Crippen molar-refractivity contribution in [2.45, 2.75) is 89.2 Å². The summed E-state index contributed by atoms with van der Waals surface area (Å²) < 4.78 is 41.0. The molecule has 2 N–H and O–H groups in total. The normalized spacial score (nSPS) is 21.7. The summed E-state index contributed by atoms with van der Waals surface area (Å²) in [4.78, 5) is 68.6. The Balaban J connectivity index is 1.11. The summed E-state index contributed by atoms with van der Waals surface area (Å²) in [5.41, 5.74) is 2.45. The van der Waals surface area contributed by atoms with Crippen LogP contribution in [0.1, 0.15) is 61.5 Å². The highest BCUT2D eigenvalue weighted by Gasteiger charge is 2.43. The van der Waals surface area contributed by atoms with Crippen molar-refractivity contribution in [3.63, 3.8) is 0 Å². The average Bonchev–Trinajstić information content (AvgIpc) is 3.99. The zero-order chi connectivity index (χ0) is 49.5. The second-order valence-electron chi connectivity index (χ2n) is 18.4. The molecule has 5 heterocycles. The number of amides is 4. The fourth-order valence-corrected chi connectivity index (χ4v) is 9.97. The summed E-state index contributed by atoms with van der Waals surface area (Å²) in [7, 11) is 2.00. The Bertz CT molecular complexity index is 2670. The number of fused-ring (bicyclic) bond motifs is 2. The number of rotatable bonds is 14. The minimum absolute atomic E-state index is 0.00598. The molecule has 5 aromatic rings. The van der Waals surface area contributed by atoms with E-state index in [4.69, 9.17) is 32.9 Å². The van der Waals surface area contributed by atoms with Crippen LogP contribution in [0.25, 0.3) is 11.3 Å². The van der Waals surface area contributed by atoms with E-state index < -0.39 is 60.4 Å². The third-order valence-electron chi connectivity index (χ3n) is 13.4. The van der Waals surface area contributed by atoms with Crippen molar-refractivity contribution in [3.8, 4) is 22.8 Å². The third-order valence-corrected chi connectivity index (χ3v) is 13.9. The van der Waals surface area contributed by atoms with Crippen LogP contribution < -0.4 is 20.1 Å². The maximum absolute atomic E-state index is 15.0. The van der Waals surface area contributed by atoms with Crippen molar-refractivity contribution < 1.29 is 42.2 Å². The molecule has 370 valence electrons. The second kappa shape index (κ2) is 22.3. The zero-order valence-corrected chi connectivity index (χ0v) is 40.5. The third kappa shape index (κ3) is 12.4. The number of pyridine rings is 1. The summed E-state index contributed by atoms with van der Waals surface area (Å²) in [5, 5.41) is 18.9. The molecule has 15 nitrogen and oxygen atoms in total. The molecule has 0 aliphatic carbocycles. The highest BCUT2D eigenvalue weighted by molar-refractivity contribution is 6.31. The number of alkyl halides is 2. The monoisotopic (exact) mass is 1000 g/mol. The lowest BCUT2D eigenvalue weighted by Crippen LogP contribution is -2.65. The zero-order valence-electron chi connectivity index (χ0n) is 39.0. The number of hydrogen-bond donors (Lipinski definition) is 2. The van der Waals surface area contributed by atoms with Gasteiger partial charge in [-0.25, -0.2) is 4.98 Å². The SMILES string of the molecule is C[C@H]1C(=O)N[C@@H](COC(F)F)C(=O)N[C@@]2(Cc3ccc(Cl)cc3)CCCN(C2)C(=O)[C@H](Cc2ccc[n+]([O-])c2)CC(=O)N1Cc1ccc(Cl)cc1Oc1ccc(-c2cnc(CN3CCCC3)n2C)cc1. The molecule has 3 fully saturated rings. The lowest BCUT2D eigenvalue weighted by Gasteiger charge is -2.45. The van der Waals surface area contributed by atoms with Gasteiger partial charge < -0.3 is 39.7 Å². The van der Waals surface area contributed by atoms with Crippen LogP contribution in [-0.4, -0.2) is 105 Å². The smallest absolute Gasteiger partial charge is 0.345 e. The van der Waals surface area contributed by atoms with Crippen molar-refractivity contribution in [2.24, 2.45) is 13.0 Å². The van der Waals surface area contributed by atoms with Gasteiger partial charge in [-0.05, 0) is 119 Å². The lowest BCUT2D eigenvalue weighted by atomic mass is 9.81. The molecule has 3 saturated heterocycles. The quantitative estimate of drug-likeness (QED) is 0.0896. The molecule has 8 rings (SSSR count). The van der Waals surface area contributed by atoms with Gasteiger partial charge in [0.15, 0.2) is 12.4 Å². The van der Waals surface area contributed by atoms with E-state index in [1.54, 1.807) is 71.6 Å². The highest BCUT2D eigenvalue weighted by Crippen LogP contribution is 2.34. The number of carbonyl (C=O) groups is 4. The first kappa shape index (κ1) is 50.3. The van der Waals surface area contributed by atoms with Crippen molar-refractivity contribution in [1.82, 2.24) is 34.9 Å². The van der Waals surface area contributed by atoms with Crippen LogP contribution in [-0.2, 0) is 56.9 Å². The van der Waals surface area contributed by atoms with E-state index in [2.05, 4.69) is 24.8 Å². The molecule has 2 aromatic heterocycles. The summed E-state index contributed by atoms with van der Waals surface area (Å²) in [5.74, 6) is -1.98. The Morgan fingerprint density at radius 1 is 0.914 bits per heavy atom. The van der Waals surface area contributed by atoms with E-state index in [1.165, 1.54) is 37.1 Å². The van der Waals surface area contributed by atoms with Crippen LogP contribution in [0, 0.1) is 11.1 Å². The van der Waals surface area contributed by atoms with E-state index in [-0.39, 0.29) is 38.1 Å². The fourth-order valence-electron chi connectivity index (χ4n) is 9.68. The topological polar surface area (TPSA) is 165 Å². The molecule has 3 aliphatic heterocycles. The summed E-state index contributed by atoms with van der Waals surface area (Å²) in [6.45, 7) is 0.229. The molecule has 4 amide bonds. The van der Waals surface area contributed by atoms with Gasteiger partial charge in [-0.1, -0.05) is 41.4 Å². The van der Waals surface area contributed by atoms with Crippen LogP contribution in [0.4, 0.5) is 8.78 Å². The predicted molar refractivity (Wildman–Crippen MR) is 258 cm³/mol. The number of nitrogens with zero attached hydrogens (tertiary/aromatic N) is 6. The van der Waals surface area contributed by atoms with Gasteiger partial charge >= 0.3 is 6.61 Å². The Labute approximate surface area is 415 Å². The summed E-state index contributed by atoms with van der Waals surface area (Å²) in [6.07, 6.45) is 7.56. The lowest BCUT2D eigenvalue weighted by molar-refractivity contribution is -0.605. The Kier molecular flexibility index (Phi) is 16.0. The van der Waals surface area contributed by atoms with E-state index in [0.717, 1.165) is 42.3 Å². The molecule has 0 radical (unpaired) electrons. The summed E-state index contributed by atoms with van der Waals surface area (Å²) in [6, 6.07) is 19.6. The van der Waals surface area contributed by atoms with Gasteiger partial charge in [-0.3, -0.25) is 24.1 Å². The maximum Gasteiger partial charge on any atom is 0.345 e. The van der Waals surface area contributed by atoms with E-state index >= 15 is 0 Å². The van der Waals surface area contributed by atoms with Gasteiger partial charge in [0.25, 0.3) is 0 Å². The largest absolute Gasteiger partial charge is 0.619 e. The average molecular weight is 1000 g/mol. The van der Waals surface area contributed by atoms with Crippen molar-refractivity contribution in [3.05, 3.63) is 135 Å². The Morgan fingerprint density at radius 2 is 1.66 bits per heavy atom. The van der Waals surface area contributed by atoms with Crippen LogP contribution in [0.3, 0.4) is 0 Å². The van der Waals surface area contributed by atoms with E-state index in [9.17, 15) is 33.2 Å². The minimum Gasteiger partial charge on any atom is -0.619 e. The second-order valence-corrected chi connectivity index (χ2v) is 19.3. The molecule has 4 atom stereocenters. The van der Waals surface area contributed by atoms with Crippen molar-refractivity contribution in [1.29, 1.82) is 0 Å². The number of aromatic nitrogens is 3. The molecule has 0 saturated carbocycles. The Hall–Kier alpha value is -6.14. The number of carbonyl (C=O) groups excluding carboxylic acids is 4. The van der Waals surface area contributed by atoms with Gasteiger partial charge in [0, 0.05) is 59.4 Å². The van der Waals surface area contributed by atoms with Gasteiger partial charge in [0.1, 0.15) is 29.4 Å². The maximum atomic E-state index is 15.0. The number of halogens is 4. The van der Waals surface area contributed by atoms with Gasteiger partial charge in [0.2, 0.25) is 23.6 Å². The highest BCUT2D eigenvalue weighted by atomic mass is 35.5. The van der Waals surface area contributed by atoms with Gasteiger partial charge in [-0.15, -0.1) is 0 Å². The van der Waals surface area contributed by atoms with Crippen LogP contribution in [0.2, 0.25) is 10.0 Å². The first-order valence-corrected chi connectivity index (χ1v) is 24.2. The number of likely N-dealkylation sites (tertiary alicyclic amines) is 1. The van der Waals surface area contributed by atoms with Crippen LogP contribution in [0.5, 0.6) is 11.5 Å². The summed E-state index contributed by atoms with van der Waals surface area (Å²) >= 11 is 12.7. The molecule has 3 aliphatic rings. The molecular weight excluding hydrogens is 946 g/mol. The van der Waals surface area contributed by atoms with Gasteiger partial charge in [-0.2, -0.15) is 13.5 Å². The van der Waals surface area contributed by atoms with Crippen molar-refractivity contribution in [2.75, 3.05) is 32.8 Å². The van der Waals surface area contributed by atoms with Crippen molar-refractivity contribution >= 4 is 46.8 Å². The number of nitrogens with one attached hydrogen (secondary N) is 2. The first-order valence-electron chi connectivity index (χ1n) is 23.4. The number of hydrogen-bond acceptors (Lipinski definition) is 9. The molecule has 0 unspecified atom stereocenters. The minimum atomic E-state index is -3.26. The number of imidazole rings is 1. The molecule has 2 bridgehead atoms. The number of piperidine rings is 1. The van der Waals surface area contributed by atoms with Gasteiger partial charge in [0.05, 0.1) is 43.0 Å². The van der Waals surface area contributed by atoms with Crippen LogP contribution in [0.15, 0.2) is 97.5 Å². The molecule has 0 spiro atoms. The fraction of sp³-hybridized carbons (Fsp3) is 0.412. The number of ether oxygens (including phenoxy) is 2. The van der Waals surface area contributed by atoms with Crippen LogP contribution >= 0.6 is 23.2 Å². The molecule has 70 heavy (non-hydrogen) atoms. The molecule has 3 aromatic carbocycles. The number of benzene rings is 3. The van der Waals surface area contributed by atoms with E-state index in [0.29, 0.717) is 51.0 Å².